The van der Waals surface area contributed by atoms with Crippen molar-refractivity contribution in [1.82, 2.24) is 5.32 Å². The standard InChI is InChI=1S/C16H15Br2Cl2N/c1-2-21-16(13-8-11(17)4-6-14(13)18)7-10-3-5-12(19)9-15(10)20/h3-6,8-9,16,21H,2,7H2,1H3. The molecule has 0 bridgehead atoms. The highest BCUT2D eigenvalue weighted by atomic mass is 79.9. The van der Waals surface area contributed by atoms with E-state index >= 15 is 0 Å². The Balaban J connectivity index is 2.32. The monoisotopic (exact) mass is 449 g/mol. The number of hydrogen-bond donors (Lipinski definition) is 1. The molecule has 1 nitrogen and oxygen atoms in total. The van der Waals surface area contributed by atoms with Crippen molar-refractivity contribution < 1.29 is 0 Å². The van der Waals surface area contributed by atoms with Crippen LogP contribution in [0, 0.1) is 0 Å². The Morgan fingerprint density at radius 2 is 1.86 bits per heavy atom. The van der Waals surface area contributed by atoms with Crippen LogP contribution in [0.3, 0.4) is 0 Å². The normalized spacial score (nSPS) is 12.4. The highest BCUT2D eigenvalue weighted by Crippen LogP contribution is 2.31. The van der Waals surface area contributed by atoms with E-state index in [1.165, 1.54) is 5.56 Å². The van der Waals surface area contributed by atoms with Crippen LogP contribution in [0.15, 0.2) is 45.3 Å². The number of halogens is 4. The van der Waals surface area contributed by atoms with Gasteiger partial charge in [0, 0.05) is 25.0 Å². The van der Waals surface area contributed by atoms with Gasteiger partial charge in [0.2, 0.25) is 0 Å². The molecular weight excluding hydrogens is 437 g/mol. The Hall–Kier alpha value is -0.0600. The summed E-state index contributed by atoms with van der Waals surface area (Å²) in [6.07, 6.45) is 0.804. The number of hydrogen-bond acceptors (Lipinski definition) is 1. The molecule has 1 unspecified atom stereocenters. The molecule has 2 aromatic rings. The summed E-state index contributed by atoms with van der Waals surface area (Å²) in [5.41, 5.74) is 2.29. The van der Waals surface area contributed by atoms with Crippen molar-refractivity contribution in [2.45, 2.75) is 19.4 Å². The minimum Gasteiger partial charge on any atom is -0.310 e. The molecule has 0 fully saturated rings. The molecule has 0 saturated heterocycles. The van der Waals surface area contributed by atoms with Gasteiger partial charge in [0.15, 0.2) is 0 Å². The first kappa shape index (κ1) is 17.3. The van der Waals surface area contributed by atoms with Gasteiger partial charge in [0.05, 0.1) is 0 Å². The second-order valence-electron chi connectivity index (χ2n) is 4.72. The zero-order valence-electron chi connectivity index (χ0n) is 11.5. The van der Waals surface area contributed by atoms with E-state index in [1.807, 2.05) is 24.3 Å². The Labute approximate surface area is 152 Å². The average molecular weight is 452 g/mol. The third-order valence-corrected chi connectivity index (χ3v) is 5.03. The quantitative estimate of drug-likeness (QED) is 0.553. The summed E-state index contributed by atoms with van der Waals surface area (Å²) in [4.78, 5) is 0. The van der Waals surface area contributed by atoms with Gasteiger partial charge < -0.3 is 5.32 Å². The molecule has 0 aromatic heterocycles. The van der Waals surface area contributed by atoms with Crippen molar-refractivity contribution in [2.24, 2.45) is 0 Å². The Bertz CT molecular complexity index is 632. The van der Waals surface area contributed by atoms with Gasteiger partial charge in [-0.2, -0.15) is 0 Å². The van der Waals surface area contributed by atoms with Gasteiger partial charge in [-0.3, -0.25) is 0 Å². The third kappa shape index (κ3) is 4.70. The molecule has 1 atom stereocenters. The van der Waals surface area contributed by atoms with Crippen LogP contribution in [0.25, 0.3) is 0 Å². The predicted molar refractivity (Wildman–Crippen MR) is 98.4 cm³/mol. The van der Waals surface area contributed by atoms with E-state index in [0.29, 0.717) is 10.0 Å². The van der Waals surface area contributed by atoms with E-state index in [0.717, 1.165) is 27.5 Å². The van der Waals surface area contributed by atoms with Gasteiger partial charge in [-0.05, 0) is 54.4 Å². The third-order valence-electron chi connectivity index (χ3n) is 3.22. The molecule has 5 heteroatoms. The van der Waals surface area contributed by atoms with Crippen LogP contribution >= 0.6 is 55.1 Å². The molecule has 0 aliphatic rings. The SMILES string of the molecule is CCNC(Cc1ccc(Cl)cc1Cl)c1cc(Br)ccc1Br. The van der Waals surface area contributed by atoms with Crippen LogP contribution in [0.1, 0.15) is 24.1 Å². The van der Waals surface area contributed by atoms with E-state index in [9.17, 15) is 0 Å². The second-order valence-corrected chi connectivity index (χ2v) is 7.33. The number of likely N-dealkylation sites (N-methyl/N-ethyl adjacent to an activating group) is 1. The van der Waals surface area contributed by atoms with Crippen molar-refractivity contribution in [3.8, 4) is 0 Å². The molecule has 21 heavy (non-hydrogen) atoms. The molecule has 0 amide bonds. The second kappa shape index (κ2) is 7.98. The highest BCUT2D eigenvalue weighted by molar-refractivity contribution is 9.11. The minimum atomic E-state index is 0.181. The van der Waals surface area contributed by atoms with Gasteiger partial charge in [-0.1, -0.05) is 68.1 Å². The number of rotatable bonds is 5. The summed E-state index contributed by atoms with van der Waals surface area (Å²) in [7, 11) is 0. The van der Waals surface area contributed by atoms with Crippen molar-refractivity contribution in [2.75, 3.05) is 6.54 Å². The molecule has 112 valence electrons. The summed E-state index contributed by atoms with van der Waals surface area (Å²) < 4.78 is 2.15. The molecule has 0 radical (unpaired) electrons. The van der Waals surface area contributed by atoms with Crippen LogP contribution in [0.2, 0.25) is 10.0 Å². The number of benzene rings is 2. The van der Waals surface area contributed by atoms with E-state index in [-0.39, 0.29) is 6.04 Å². The summed E-state index contributed by atoms with van der Waals surface area (Å²) >= 11 is 19.4. The first-order valence-corrected chi connectivity index (χ1v) is 8.97. The van der Waals surface area contributed by atoms with Crippen LogP contribution in [0.5, 0.6) is 0 Å². The maximum Gasteiger partial charge on any atom is 0.0453 e. The fourth-order valence-electron chi connectivity index (χ4n) is 2.23. The molecule has 0 saturated carbocycles. The predicted octanol–water partition coefficient (Wildman–Crippen LogP) is 6.41. The summed E-state index contributed by atoms with van der Waals surface area (Å²) in [6, 6.07) is 12.0. The zero-order valence-corrected chi connectivity index (χ0v) is 16.2. The Morgan fingerprint density at radius 3 is 2.52 bits per heavy atom. The fraction of sp³-hybridized carbons (Fsp3) is 0.250. The summed E-state index contributed by atoms with van der Waals surface area (Å²) in [6.45, 7) is 2.98. The van der Waals surface area contributed by atoms with Gasteiger partial charge in [0.1, 0.15) is 0 Å². The largest absolute Gasteiger partial charge is 0.310 e. The highest BCUT2D eigenvalue weighted by Gasteiger charge is 2.16. The van der Waals surface area contributed by atoms with E-state index in [1.54, 1.807) is 6.07 Å². The lowest BCUT2D eigenvalue weighted by Gasteiger charge is -2.21. The summed E-state index contributed by atoms with van der Waals surface area (Å²) in [5, 5.41) is 4.88. The molecule has 0 spiro atoms. The maximum atomic E-state index is 6.30. The molecule has 0 aliphatic heterocycles. The van der Waals surface area contributed by atoms with E-state index < -0.39 is 0 Å². The molecule has 1 N–H and O–H groups in total. The fourth-order valence-corrected chi connectivity index (χ4v) is 3.61. The van der Waals surface area contributed by atoms with Crippen LogP contribution in [-0.2, 0) is 6.42 Å². The minimum absolute atomic E-state index is 0.181. The number of nitrogens with one attached hydrogen (secondary N) is 1. The van der Waals surface area contributed by atoms with Gasteiger partial charge in [-0.25, -0.2) is 0 Å². The van der Waals surface area contributed by atoms with Crippen molar-refractivity contribution in [3.63, 3.8) is 0 Å². The van der Waals surface area contributed by atoms with Gasteiger partial charge >= 0.3 is 0 Å². The summed E-state index contributed by atoms with van der Waals surface area (Å²) in [5.74, 6) is 0. The van der Waals surface area contributed by atoms with Crippen LogP contribution in [0.4, 0.5) is 0 Å². The lowest BCUT2D eigenvalue weighted by molar-refractivity contribution is 0.548. The average Bonchev–Trinajstić information content (AvgIpc) is 2.44. The van der Waals surface area contributed by atoms with Crippen molar-refractivity contribution in [3.05, 3.63) is 66.5 Å². The first-order chi connectivity index (χ1) is 10.0. The topological polar surface area (TPSA) is 12.0 Å². The zero-order chi connectivity index (χ0) is 15.4. The van der Waals surface area contributed by atoms with Crippen molar-refractivity contribution in [1.29, 1.82) is 0 Å². The molecular formula is C16H15Br2Cl2N. The van der Waals surface area contributed by atoms with Gasteiger partial charge in [0.25, 0.3) is 0 Å². The maximum absolute atomic E-state index is 6.30. The van der Waals surface area contributed by atoms with Crippen LogP contribution in [-0.4, -0.2) is 6.54 Å². The van der Waals surface area contributed by atoms with E-state index in [2.05, 4.69) is 50.2 Å². The molecule has 0 heterocycles. The first-order valence-electron chi connectivity index (χ1n) is 6.63. The molecule has 0 aliphatic carbocycles. The molecule has 2 aromatic carbocycles. The lowest BCUT2D eigenvalue weighted by Crippen LogP contribution is -2.23. The smallest absolute Gasteiger partial charge is 0.0453 e. The van der Waals surface area contributed by atoms with Crippen molar-refractivity contribution >= 4 is 55.1 Å². The van der Waals surface area contributed by atoms with Crippen LogP contribution < -0.4 is 5.32 Å². The van der Waals surface area contributed by atoms with Gasteiger partial charge in [-0.15, -0.1) is 0 Å². The Morgan fingerprint density at radius 1 is 1.10 bits per heavy atom. The molecule has 2 rings (SSSR count). The van der Waals surface area contributed by atoms with E-state index in [4.69, 9.17) is 23.2 Å². The lowest BCUT2D eigenvalue weighted by atomic mass is 9.99. The Kier molecular flexibility index (Phi) is 6.57.